The second kappa shape index (κ2) is 4.21. The number of thioether (sulfide) groups is 1. The van der Waals surface area contributed by atoms with Crippen molar-refractivity contribution in [1.82, 2.24) is 4.90 Å². The molecule has 0 aromatic rings. The first-order chi connectivity index (χ1) is 4.84. The van der Waals surface area contributed by atoms with Gasteiger partial charge in [0, 0.05) is 13.2 Å². The van der Waals surface area contributed by atoms with Crippen molar-refractivity contribution in [3.8, 4) is 0 Å². The Morgan fingerprint density at radius 2 is 2.30 bits per heavy atom. The molecule has 3 heteroatoms. The van der Waals surface area contributed by atoms with Crippen LogP contribution in [0.5, 0.6) is 0 Å². The Morgan fingerprint density at radius 3 is 3.00 bits per heavy atom. The molecule has 0 aromatic carbocycles. The van der Waals surface area contributed by atoms with Gasteiger partial charge in [0.25, 0.3) is 0 Å². The predicted molar refractivity (Wildman–Crippen MR) is 45.4 cm³/mol. The molecule has 0 bridgehead atoms. The summed E-state index contributed by atoms with van der Waals surface area (Å²) >= 11 is 1.91. The highest BCUT2D eigenvalue weighted by molar-refractivity contribution is 7.99. The van der Waals surface area contributed by atoms with E-state index in [2.05, 4.69) is 18.2 Å². The Morgan fingerprint density at radius 1 is 1.50 bits per heavy atom. The zero-order valence-corrected chi connectivity index (χ0v) is 7.49. The molecule has 1 heterocycles. The maximum Gasteiger partial charge on any atom is 0.0593 e. The normalized spacial score (nSPS) is 30.0. The average Bonchev–Trinajstić information content (AvgIpc) is 2.13. The van der Waals surface area contributed by atoms with Crippen LogP contribution in [0.4, 0.5) is 0 Å². The lowest BCUT2D eigenvalue weighted by molar-refractivity contribution is 0.144. The van der Waals surface area contributed by atoms with Crippen molar-refractivity contribution in [2.75, 3.05) is 33.1 Å². The number of hydrogen-bond acceptors (Lipinski definition) is 3. The van der Waals surface area contributed by atoms with Crippen LogP contribution in [0.15, 0.2) is 0 Å². The minimum atomic E-state index is 0.669. The zero-order valence-electron chi connectivity index (χ0n) is 6.67. The zero-order chi connectivity index (χ0) is 7.40. The van der Waals surface area contributed by atoms with Crippen molar-refractivity contribution in [2.45, 2.75) is 11.8 Å². The third kappa shape index (κ3) is 2.15. The highest BCUT2D eigenvalue weighted by Gasteiger charge is 2.15. The van der Waals surface area contributed by atoms with E-state index in [9.17, 15) is 0 Å². The van der Waals surface area contributed by atoms with Crippen molar-refractivity contribution in [3.63, 3.8) is 0 Å². The SMILES string of the molecule is CSC1CCOCCN1C. The Bertz CT molecular complexity index is 99.6. The molecule has 1 aliphatic heterocycles. The van der Waals surface area contributed by atoms with E-state index in [4.69, 9.17) is 4.74 Å². The third-order valence-corrected chi connectivity index (χ3v) is 3.00. The lowest BCUT2D eigenvalue weighted by atomic mass is 10.4. The first-order valence-corrected chi connectivity index (χ1v) is 4.94. The van der Waals surface area contributed by atoms with Crippen LogP contribution in [0.2, 0.25) is 0 Å². The Labute approximate surface area is 66.9 Å². The van der Waals surface area contributed by atoms with Gasteiger partial charge in [-0.2, -0.15) is 0 Å². The summed E-state index contributed by atoms with van der Waals surface area (Å²) in [5.41, 5.74) is 0. The van der Waals surface area contributed by atoms with Gasteiger partial charge in [-0.25, -0.2) is 0 Å². The largest absolute Gasteiger partial charge is 0.380 e. The van der Waals surface area contributed by atoms with E-state index in [0.717, 1.165) is 26.2 Å². The third-order valence-electron chi connectivity index (χ3n) is 1.86. The van der Waals surface area contributed by atoms with Crippen LogP contribution >= 0.6 is 11.8 Å². The summed E-state index contributed by atoms with van der Waals surface area (Å²) in [6.07, 6.45) is 3.32. The number of likely N-dealkylation sites (N-methyl/N-ethyl adjacent to an activating group) is 1. The molecule has 1 atom stereocenters. The minimum Gasteiger partial charge on any atom is -0.380 e. The Hall–Kier alpha value is 0.270. The molecule has 0 radical (unpaired) electrons. The number of rotatable bonds is 1. The lowest BCUT2D eigenvalue weighted by Gasteiger charge is -2.22. The molecule has 0 N–H and O–H groups in total. The molecule has 2 nitrogen and oxygen atoms in total. The monoisotopic (exact) mass is 161 g/mol. The highest BCUT2D eigenvalue weighted by Crippen LogP contribution is 2.16. The molecule has 0 spiro atoms. The van der Waals surface area contributed by atoms with Gasteiger partial charge in [0.05, 0.1) is 12.0 Å². The molecule has 10 heavy (non-hydrogen) atoms. The molecule has 0 aliphatic carbocycles. The number of nitrogens with zero attached hydrogens (tertiary/aromatic N) is 1. The van der Waals surface area contributed by atoms with E-state index in [-0.39, 0.29) is 0 Å². The molecule has 1 saturated heterocycles. The van der Waals surface area contributed by atoms with Crippen LogP contribution < -0.4 is 0 Å². The fraction of sp³-hybridized carbons (Fsp3) is 1.00. The summed E-state index contributed by atoms with van der Waals surface area (Å²) < 4.78 is 5.34. The maximum absolute atomic E-state index is 5.34. The first kappa shape index (κ1) is 8.37. The summed E-state index contributed by atoms with van der Waals surface area (Å²) in [5.74, 6) is 0. The van der Waals surface area contributed by atoms with Gasteiger partial charge in [0.2, 0.25) is 0 Å². The number of hydrogen-bond donors (Lipinski definition) is 0. The predicted octanol–water partition coefficient (Wildman–Crippen LogP) is 1.03. The minimum absolute atomic E-state index is 0.669. The van der Waals surface area contributed by atoms with Crippen LogP contribution in [-0.2, 0) is 4.74 Å². The fourth-order valence-electron chi connectivity index (χ4n) is 1.16. The Balaban J connectivity index is 2.35. The van der Waals surface area contributed by atoms with Crippen molar-refractivity contribution in [3.05, 3.63) is 0 Å². The second-order valence-electron chi connectivity index (χ2n) is 2.57. The van der Waals surface area contributed by atoms with Crippen molar-refractivity contribution >= 4 is 11.8 Å². The molecule has 1 aliphatic rings. The van der Waals surface area contributed by atoms with E-state index in [1.165, 1.54) is 0 Å². The van der Waals surface area contributed by atoms with Crippen molar-refractivity contribution in [2.24, 2.45) is 0 Å². The van der Waals surface area contributed by atoms with Crippen LogP contribution in [0.1, 0.15) is 6.42 Å². The molecule has 60 valence electrons. The van der Waals surface area contributed by atoms with Gasteiger partial charge in [-0.3, -0.25) is 4.90 Å². The van der Waals surface area contributed by atoms with E-state index in [1.807, 2.05) is 11.8 Å². The van der Waals surface area contributed by atoms with E-state index in [0.29, 0.717) is 5.37 Å². The fourth-order valence-corrected chi connectivity index (χ4v) is 1.95. The van der Waals surface area contributed by atoms with Crippen LogP contribution in [-0.4, -0.2) is 43.3 Å². The summed E-state index contributed by atoms with van der Waals surface area (Å²) in [7, 11) is 2.16. The maximum atomic E-state index is 5.34. The topological polar surface area (TPSA) is 12.5 Å². The quantitative estimate of drug-likeness (QED) is 0.570. The lowest BCUT2D eigenvalue weighted by Crippen LogP contribution is -2.29. The van der Waals surface area contributed by atoms with E-state index in [1.54, 1.807) is 0 Å². The van der Waals surface area contributed by atoms with Gasteiger partial charge in [0.1, 0.15) is 0 Å². The smallest absolute Gasteiger partial charge is 0.0593 e. The van der Waals surface area contributed by atoms with Crippen molar-refractivity contribution < 1.29 is 4.74 Å². The van der Waals surface area contributed by atoms with Gasteiger partial charge in [-0.05, 0) is 19.7 Å². The highest BCUT2D eigenvalue weighted by atomic mass is 32.2. The van der Waals surface area contributed by atoms with Crippen LogP contribution in [0, 0.1) is 0 Å². The van der Waals surface area contributed by atoms with Crippen LogP contribution in [0.25, 0.3) is 0 Å². The van der Waals surface area contributed by atoms with Crippen LogP contribution in [0.3, 0.4) is 0 Å². The summed E-state index contributed by atoms with van der Waals surface area (Å²) in [6, 6.07) is 0. The second-order valence-corrected chi connectivity index (χ2v) is 3.59. The number of ether oxygens (including phenoxy) is 1. The van der Waals surface area contributed by atoms with Gasteiger partial charge in [-0.15, -0.1) is 11.8 Å². The standard InChI is InChI=1S/C7H15NOS/c1-8-4-6-9-5-3-7(8)10-2/h7H,3-6H2,1-2H3. The molecule has 1 unspecified atom stereocenters. The van der Waals surface area contributed by atoms with E-state index < -0.39 is 0 Å². The molecule has 1 fully saturated rings. The molecular weight excluding hydrogens is 146 g/mol. The van der Waals surface area contributed by atoms with E-state index >= 15 is 0 Å². The van der Waals surface area contributed by atoms with Gasteiger partial charge in [0.15, 0.2) is 0 Å². The van der Waals surface area contributed by atoms with Gasteiger partial charge >= 0.3 is 0 Å². The molecule has 1 rings (SSSR count). The Kier molecular flexibility index (Phi) is 3.52. The molecular formula is C7H15NOS. The average molecular weight is 161 g/mol. The van der Waals surface area contributed by atoms with Gasteiger partial charge < -0.3 is 4.74 Å². The molecule has 0 amide bonds. The molecule has 0 aromatic heterocycles. The van der Waals surface area contributed by atoms with Crippen molar-refractivity contribution in [1.29, 1.82) is 0 Å². The first-order valence-electron chi connectivity index (χ1n) is 3.65. The summed E-state index contributed by atoms with van der Waals surface area (Å²) in [6.45, 7) is 2.90. The molecule has 0 saturated carbocycles. The summed E-state index contributed by atoms with van der Waals surface area (Å²) in [5, 5.41) is 0.669. The van der Waals surface area contributed by atoms with Gasteiger partial charge in [-0.1, -0.05) is 0 Å². The summed E-state index contributed by atoms with van der Waals surface area (Å²) in [4.78, 5) is 2.36.